The van der Waals surface area contributed by atoms with Gasteiger partial charge in [-0.1, -0.05) is 11.6 Å². The molecule has 1 saturated heterocycles. The molecular formula is C14H17ClN6O. The fraction of sp³-hybridized carbons (Fsp3) is 0.429. The number of aromatic nitrogens is 4. The van der Waals surface area contributed by atoms with E-state index in [4.69, 9.17) is 11.6 Å². The number of tetrazole rings is 1. The molecule has 2 aromatic rings. The van der Waals surface area contributed by atoms with E-state index in [2.05, 4.69) is 20.7 Å². The summed E-state index contributed by atoms with van der Waals surface area (Å²) in [6.07, 6.45) is 0.975. The first-order chi connectivity index (χ1) is 10.6. The summed E-state index contributed by atoms with van der Waals surface area (Å²) in [5.74, 6) is 0.461. The number of carbonyl (C=O) groups excluding carboxylic acids is 1. The Balaban J connectivity index is 1.66. The van der Waals surface area contributed by atoms with E-state index >= 15 is 0 Å². The number of halogens is 1. The summed E-state index contributed by atoms with van der Waals surface area (Å²) in [6, 6.07) is 7.42. The van der Waals surface area contributed by atoms with Crippen molar-refractivity contribution < 1.29 is 4.79 Å². The molecule has 1 N–H and O–H groups in total. The Morgan fingerprint density at radius 3 is 2.91 bits per heavy atom. The van der Waals surface area contributed by atoms with Crippen molar-refractivity contribution >= 4 is 17.5 Å². The highest BCUT2D eigenvalue weighted by molar-refractivity contribution is 6.30. The van der Waals surface area contributed by atoms with E-state index in [9.17, 15) is 4.79 Å². The molecule has 1 unspecified atom stereocenters. The summed E-state index contributed by atoms with van der Waals surface area (Å²) in [5.41, 5.74) is 0.816. The average Bonchev–Trinajstić information content (AvgIpc) is 3.18. The molecule has 0 saturated carbocycles. The maximum absolute atomic E-state index is 12.2. The number of hydrogen-bond acceptors (Lipinski definition) is 5. The molecule has 0 bridgehead atoms. The van der Waals surface area contributed by atoms with Gasteiger partial charge < -0.3 is 10.2 Å². The van der Waals surface area contributed by atoms with Gasteiger partial charge in [0, 0.05) is 30.2 Å². The summed E-state index contributed by atoms with van der Waals surface area (Å²) in [4.78, 5) is 15.3. The van der Waals surface area contributed by atoms with Crippen LogP contribution in [0.1, 0.15) is 6.42 Å². The predicted molar refractivity (Wildman–Crippen MR) is 82.3 cm³/mol. The fourth-order valence-electron chi connectivity index (χ4n) is 2.43. The van der Waals surface area contributed by atoms with Crippen molar-refractivity contribution in [2.24, 2.45) is 0 Å². The molecule has 116 valence electrons. The molecule has 1 fully saturated rings. The van der Waals surface area contributed by atoms with Crippen molar-refractivity contribution in [3.8, 4) is 11.4 Å². The zero-order valence-corrected chi connectivity index (χ0v) is 13.0. The zero-order chi connectivity index (χ0) is 15.5. The van der Waals surface area contributed by atoms with Crippen LogP contribution in [0.3, 0.4) is 0 Å². The molecule has 1 aliphatic heterocycles. The van der Waals surface area contributed by atoms with Crippen molar-refractivity contribution in [3.63, 3.8) is 0 Å². The lowest BCUT2D eigenvalue weighted by molar-refractivity contribution is -0.132. The van der Waals surface area contributed by atoms with Gasteiger partial charge in [0.25, 0.3) is 0 Å². The Morgan fingerprint density at radius 1 is 1.45 bits per heavy atom. The SMILES string of the molecule is CN(C(=O)Cn1nnc(-c2ccc(Cl)cc2)n1)C1CCNC1. The number of likely N-dealkylation sites (N-methyl/N-ethyl adjacent to an activating group) is 1. The molecule has 2 heterocycles. The second-order valence-electron chi connectivity index (χ2n) is 5.30. The van der Waals surface area contributed by atoms with Gasteiger partial charge >= 0.3 is 0 Å². The van der Waals surface area contributed by atoms with Crippen molar-refractivity contribution in [1.82, 2.24) is 30.4 Å². The van der Waals surface area contributed by atoms with Crippen LogP contribution < -0.4 is 5.32 Å². The van der Waals surface area contributed by atoms with E-state index in [-0.39, 0.29) is 18.5 Å². The molecular weight excluding hydrogens is 304 g/mol. The Kier molecular flexibility index (Phi) is 4.35. The third-order valence-corrected chi connectivity index (χ3v) is 4.06. The van der Waals surface area contributed by atoms with Gasteiger partial charge in [-0.3, -0.25) is 4.79 Å². The standard InChI is InChI=1S/C14H17ClN6O/c1-20(12-6-7-16-8-12)13(22)9-21-18-14(17-19-21)10-2-4-11(15)5-3-10/h2-5,12,16H,6-9H2,1H3. The zero-order valence-electron chi connectivity index (χ0n) is 12.2. The Hall–Kier alpha value is -1.99. The number of benzene rings is 1. The van der Waals surface area contributed by atoms with Gasteiger partial charge in [0.15, 0.2) is 0 Å². The summed E-state index contributed by atoms with van der Waals surface area (Å²) >= 11 is 5.85. The minimum Gasteiger partial charge on any atom is -0.340 e. The van der Waals surface area contributed by atoms with Crippen LogP contribution in [-0.2, 0) is 11.3 Å². The lowest BCUT2D eigenvalue weighted by Crippen LogP contribution is -2.40. The molecule has 1 aromatic heterocycles. The van der Waals surface area contributed by atoms with Gasteiger partial charge in [0.1, 0.15) is 6.54 Å². The second kappa shape index (κ2) is 6.41. The molecule has 7 nitrogen and oxygen atoms in total. The van der Waals surface area contributed by atoms with Crippen molar-refractivity contribution in [3.05, 3.63) is 29.3 Å². The minimum atomic E-state index is -0.0197. The predicted octanol–water partition coefficient (Wildman–Crippen LogP) is 0.814. The first-order valence-electron chi connectivity index (χ1n) is 7.13. The Bertz CT molecular complexity index is 650. The molecule has 1 aromatic carbocycles. The fourth-order valence-corrected chi connectivity index (χ4v) is 2.56. The van der Waals surface area contributed by atoms with Crippen LogP contribution in [0.15, 0.2) is 24.3 Å². The molecule has 8 heteroatoms. The van der Waals surface area contributed by atoms with Crippen LogP contribution >= 0.6 is 11.6 Å². The molecule has 22 heavy (non-hydrogen) atoms. The molecule has 1 amide bonds. The van der Waals surface area contributed by atoms with Gasteiger partial charge in [0.2, 0.25) is 11.7 Å². The van der Waals surface area contributed by atoms with Crippen molar-refractivity contribution in [1.29, 1.82) is 0 Å². The monoisotopic (exact) mass is 320 g/mol. The summed E-state index contributed by atoms with van der Waals surface area (Å²) in [7, 11) is 1.82. The third-order valence-electron chi connectivity index (χ3n) is 3.81. The highest BCUT2D eigenvalue weighted by Gasteiger charge is 2.23. The quantitative estimate of drug-likeness (QED) is 0.902. The van der Waals surface area contributed by atoms with E-state index < -0.39 is 0 Å². The van der Waals surface area contributed by atoms with E-state index in [0.29, 0.717) is 10.8 Å². The number of carbonyl (C=O) groups is 1. The van der Waals surface area contributed by atoms with Crippen LogP contribution in [0.2, 0.25) is 5.02 Å². The maximum Gasteiger partial charge on any atom is 0.246 e. The summed E-state index contributed by atoms with van der Waals surface area (Å²) in [5, 5.41) is 16.1. The van der Waals surface area contributed by atoms with E-state index in [1.54, 1.807) is 17.0 Å². The number of rotatable bonds is 4. The van der Waals surface area contributed by atoms with Crippen LogP contribution in [0.25, 0.3) is 11.4 Å². The highest BCUT2D eigenvalue weighted by atomic mass is 35.5. The van der Waals surface area contributed by atoms with Gasteiger partial charge in [-0.25, -0.2) is 0 Å². The summed E-state index contributed by atoms with van der Waals surface area (Å²) in [6.45, 7) is 1.88. The number of nitrogens with zero attached hydrogens (tertiary/aromatic N) is 5. The van der Waals surface area contributed by atoms with E-state index in [1.165, 1.54) is 4.80 Å². The second-order valence-corrected chi connectivity index (χ2v) is 5.74. The normalized spacial score (nSPS) is 17.6. The topological polar surface area (TPSA) is 75.9 Å². The molecule has 1 atom stereocenters. The lowest BCUT2D eigenvalue weighted by Gasteiger charge is -2.23. The first-order valence-corrected chi connectivity index (χ1v) is 7.51. The summed E-state index contributed by atoms with van der Waals surface area (Å²) < 4.78 is 0. The smallest absolute Gasteiger partial charge is 0.246 e. The molecule has 0 radical (unpaired) electrons. The van der Waals surface area contributed by atoms with Gasteiger partial charge in [-0.05, 0) is 42.4 Å². The average molecular weight is 321 g/mol. The van der Waals surface area contributed by atoms with Crippen LogP contribution in [-0.4, -0.2) is 57.2 Å². The lowest BCUT2D eigenvalue weighted by atomic mass is 10.2. The third kappa shape index (κ3) is 3.26. The minimum absolute atomic E-state index is 0.0197. The Labute approximate surface area is 133 Å². The van der Waals surface area contributed by atoms with Crippen LogP contribution in [0.4, 0.5) is 0 Å². The molecule has 3 rings (SSSR count). The number of amides is 1. The van der Waals surface area contributed by atoms with Crippen molar-refractivity contribution in [2.45, 2.75) is 19.0 Å². The first kappa shape index (κ1) is 14.9. The molecule has 1 aliphatic rings. The van der Waals surface area contributed by atoms with E-state index in [1.807, 2.05) is 19.2 Å². The number of hydrogen-bond donors (Lipinski definition) is 1. The molecule has 0 spiro atoms. The maximum atomic E-state index is 12.2. The van der Waals surface area contributed by atoms with Crippen molar-refractivity contribution in [2.75, 3.05) is 20.1 Å². The Morgan fingerprint density at radius 2 is 2.23 bits per heavy atom. The van der Waals surface area contributed by atoms with Crippen LogP contribution in [0.5, 0.6) is 0 Å². The van der Waals surface area contributed by atoms with Gasteiger partial charge in [0.05, 0.1) is 0 Å². The van der Waals surface area contributed by atoms with Gasteiger partial charge in [-0.2, -0.15) is 4.80 Å². The molecule has 0 aliphatic carbocycles. The van der Waals surface area contributed by atoms with Gasteiger partial charge in [-0.15, -0.1) is 10.2 Å². The highest BCUT2D eigenvalue weighted by Crippen LogP contribution is 2.17. The van der Waals surface area contributed by atoms with Crippen LogP contribution in [0, 0.1) is 0 Å². The van der Waals surface area contributed by atoms with E-state index in [0.717, 1.165) is 25.1 Å². The largest absolute Gasteiger partial charge is 0.340 e. The number of nitrogens with one attached hydrogen (secondary N) is 1.